The average molecular weight is 456 g/mol. The van der Waals surface area contributed by atoms with Crippen LogP contribution in [-0.4, -0.2) is 38.4 Å². The van der Waals surface area contributed by atoms with Crippen LogP contribution in [0.25, 0.3) is 0 Å². The molecule has 1 aliphatic heterocycles. The number of ether oxygens (including phenoxy) is 1. The number of anilines is 1. The lowest BCUT2D eigenvalue weighted by molar-refractivity contribution is 0.0711. The Kier molecular flexibility index (Phi) is 5.79. The van der Waals surface area contributed by atoms with E-state index >= 15 is 0 Å². The molecule has 1 unspecified atom stereocenters. The van der Waals surface area contributed by atoms with Crippen LogP contribution in [0.1, 0.15) is 33.9 Å². The molecule has 1 aromatic heterocycles. The third-order valence-corrected chi connectivity index (χ3v) is 6.18. The number of nitrogens with one attached hydrogen (secondary N) is 1. The summed E-state index contributed by atoms with van der Waals surface area (Å²) in [6.07, 6.45) is 1.64. The maximum Gasteiger partial charge on any atom is 0.275 e. The number of carbonyl (C=O) groups excluding carboxylic acids is 1. The molecule has 2 aromatic carbocycles. The van der Waals surface area contributed by atoms with Gasteiger partial charge in [0.25, 0.3) is 5.91 Å². The zero-order chi connectivity index (χ0) is 22.0. The first-order valence-electron chi connectivity index (χ1n) is 9.49. The zero-order valence-corrected chi connectivity index (χ0v) is 18.6. The fraction of sp³-hybridized carbons (Fsp3) is 0.182. The van der Waals surface area contributed by atoms with Gasteiger partial charge in [-0.15, -0.1) is 0 Å². The Bertz CT molecular complexity index is 1220. The van der Waals surface area contributed by atoms with Crippen molar-refractivity contribution >= 4 is 38.7 Å². The van der Waals surface area contributed by atoms with Crippen LogP contribution < -0.4 is 9.46 Å². The molecule has 160 valence electrons. The topological polar surface area (TPSA) is 88.1 Å². The molecule has 1 atom stereocenters. The number of methoxy groups -OCH3 is 1. The summed E-state index contributed by atoms with van der Waals surface area (Å²) in [5.74, 6) is 0.546. The van der Waals surface area contributed by atoms with Crippen LogP contribution in [0.2, 0.25) is 0 Å². The number of carbonyl (C=O) groups is 1. The summed E-state index contributed by atoms with van der Waals surface area (Å²) in [5, 5.41) is 9.85. The Morgan fingerprint density at radius 3 is 2.61 bits per heavy atom. The van der Waals surface area contributed by atoms with E-state index < -0.39 is 10.0 Å². The Labute approximate surface area is 185 Å². The van der Waals surface area contributed by atoms with E-state index in [0.29, 0.717) is 23.4 Å². The third-order valence-electron chi connectivity index (χ3n) is 4.89. The van der Waals surface area contributed by atoms with Crippen molar-refractivity contribution in [2.45, 2.75) is 12.5 Å². The summed E-state index contributed by atoms with van der Waals surface area (Å²) in [4.78, 5) is 13.2. The molecular weight excluding hydrogens is 434 g/mol. The van der Waals surface area contributed by atoms with Crippen LogP contribution in [0.3, 0.4) is 0 Å². The van der Waals surface area contributed by atoms with Gasteiger partial charge in [-0.25, -0.2) is 13.4 Å². The third kappa shape index (κ3) is 4.78. The Morgan fingerprint density at radius 2 is 1.97 bits per heavy atom. The number of hydrogen-bond acceptors (Lipinski definition) is 6. The van der Waals surface area contributed by atoms with Gasteiger partial charge in [0.1, 0.15) is 5.75 Å². The van der Waals surface area contributed by atoms with Gasteiger partial charge in [0, 0.05) is 17.5 Å². The van der Waals surface area contributed by atoms with Crippen molar-refractivity contribution in [3.8, 4) is 5.75 Å². The number of benzene rings is 2. The van der Waals surface area contributed by atoms with Crippen LogP contribution in [-0.2, 0) is 10.0 Å². The van der Waals surface area contributed by atoms with Crippen molar-refractivity contribution in [3.05, 3.63) is 82.0 Å². The predicted molar refractivity (Wildman–Crippen MR) is 122 cm³/mol. The number of nitrogens with zero attached hydrogens (tertiary/aromatic N) is 2. The highest BCUT2D eigenvalue weighted by molar-refractivity contribution is 7.92. The molecule has 9 heteroatoms. The fourth-order valence-electron chi connectivity index (χ4n) is 3.44. The molecule has 0 bridgehead atoms. The van der Waals surface area contributed by atoms with Crippen molar-refractivity contribution in [1.29, 1.82) is 0 Å². The second kappa shape index (κ2) is 8.52. The Balaban J connectivity index is 1.67. The molecule has 0 saturated heterocycles. The van der Waals surface area contributed by atoms with Crippen molar-refractivity contribution < 1.29 is 17.9 Å². The summed E-state index contributed by atoms with van der Waals surface area (Å²) in [5.41, 5.74) is 3.57. The van der Waals surface area contributed by atoms with Crippen molar-refractivity contribution in [3.63, 3.8) is 0 Å². The molecule has 0 aliphatic carbocycles. The van der Waals surface area contributed by atoms with E-state index in [0.717, 1.165) is 23.1 Å². The van der Waals surface area contributed by atoms with Crippen LogP contribution in [0.5, 0.6) is 5.75 Å². The quantitative estimate of drug-likeness (QED) is 0.606. The van der Waals surface area contributed by atoms with Gasteiger partial charge in [0.15, 0.2) is 0 Å². The van der Waals surface area contributed by atoms with Crippen molar-refractivity contribution in [2.75, 3.05) is 18.1 Å². The predicted octanol–water partition coefficient (Wildman–Crippen LogP) is 4.12. The lowest BCUT2D eigenvalue weighted by Gasteiger charge is -2.22. The molecule has 0 spiro atoms. The number of hydrazone groups is 1. The number of amides is 1. The Morgan fingerprint density at radius 1 is 1.19 bits per heavy atom. The fourth-order valence-corrected chi connectivity index (χ4v) is 4.64. The summed E-state index contributed by atoms with van der Waals surface area (Å²) in [6.45, 7) is 0. The standard InChI is InChI=1S/C22H21N3O4S2/c1-29-19-5-3-4-16(12-19)21-13-20(23-25(21)22(26)17-10-11-30-14-17)15-6-8-18(9-7-15)24-31(2,27)28/h3-12,14,21,24H,13H2,1-2H3. The minimum absolute atomic E-state index is 0.167. The van der Waals surface area contributed by atoms with Gasteiger partial charge >= 0.3 is 0 Å². The normalized spacial score (nSPS) is 16.1. The molecule has 2 heterocycles. The molecule has 31 heavy (non-hydrogen) atoms. The van der Waals surface area contributed by atoms with Crippen LogP contribution >= 0.6 is 11.3 Å². The van der Waals surface area contributed by atoms with E-state index in [9.17, 15) is 13.2 Å². The second-order valence-corrected chi connectivity index (χ2v) is 9.69. The smallest absolute Gasteiger partial charge is 0.275 e. The lowest BCUT2D eigenvalue weighted by Crippen LogP contribution is -2.26. The maximum absolute atomic E-state index is 13.2. The summed E-state index contributed by atoms with van der Waals surface area (Å²) < 4.78 is 30.7. The first-order valence-corrected chi connectivity index (χ1v) is 12.3. The van der Waals surface area contributed by atoms with Gasteiger partial charge in [-0.1, -0.05) is 24.3 Å². The van der Waals surface area contributed by atoms with Gasteiger partial charge in [-0.2, -0.15) is 16.4 Å². The molecule has 1 aliphatic rings. The van der Waals surface area contributed by atoms with Crippen LogP contribution in [0, 0.1) is 0 Å². The zero-order valence-electron chi connectivity index (χ0n) is 17.0. The van der Waals surface area contributed by atoms with Crippen molar-refractivity contribution in [2.24, 2.45) is 5.10 Å². The first kappa shape index (κ1) is 21.1. The van der Waals surface area contributed by atoms with E-state index in [1.807, 2.05) is 35.0 Å². The van der Waals surface area contributed by atoms with Gasteiger partial charge in [-0.3, -0.25) is 9.52 Å². The van der Waals surface area contributed by atoms with E-state index in [-0.39, 0.29) is 11.9 Å². The summed E-state index contributed by atoms with van der Waals surface area (Å²) in [7, 11) is -1.74. The summed E-state index contributed by atoms with van der Waals surface area (Å²) in [6, 6.07) is 16.1. The van der Waals surface area contributed by atoms with Gasteiger partial charge in [0.2, 0.25) is 10.0 Å². The highest BCUT2D eigenvalue weighted by Gasteiger charge is 2.34. The number of sulfonamides is 1. The van der Waals surface area contributed by atoms with E-state index in [1.165, 1.54) is 16.3 Å². The van der Waals surface area contributed by atoms with E-state index in [1.54, 1.807) is 37.4 Å². The number of thiophene rings is 1. The molecule has 7 nitrogen and oxygen atoms in total. The Hall–Kier alpha value is -3.17. The van der Waals surface area contributed by atoms with Crippen molar-refractivity contribution in [1.82, 2.24) is 5.01 Å². The van der Waals surface area contributed by atoms with Crippen LogP contribution in [0.15, 0.2) is 70.5 Å². The highest BCUT2D eigenvalue weighted by Crippen LogP contribution is 2.35. The molecule has 4 rings (SSSR count). The van der Waals surface area contributed by atoms with E-state index in [2.05, 4.69) is 9.82 Å². The molecule has 0 radical (unpaired) electrons. The molecule has 0 saturated carbocycles. The largest absolute Gasteiger partial charge is 0.497 e. The van der Waals surface area contributed by atoms with Gasteiger partial charge in [0.05, 0.1) is 30.7 Å². The highest BCUT2D eigenvalue weighted by atomic mass is 32.2. The summed E-state index contributed by atoms with van der Waals surface area (Å²) >= 11 is 1.46. The monoisotopic (exact) mass is 455 g/mol. The minimum atomic E-state index is -3.35. The first-order chi connectivity index (χ1) is 14.8. The number of hydrogen-bond donors (Lipinski definition) is 1. The average Bonchev–Trinajstić information content (AvgIpc) is 3.43. The van der Waals surface area contributed by atoms with Gasteiger partial charge in [-0.05, 0) is 46.8 Å². The molecule has 1 amide bonds. The minimum Gasteiger partial charge on any atom is -0.497 e. The molecule has 0 fully saturated rings. The van der Waals surface area contributed by atoms with Crippen LogP contribution in [0.4, 0.5) is 5.69 Å². The van der Waals surface area contributed by atoms with E-state index in [4.69, 9.17) is 4.74 Å². The number of rotatable bonds is 6. The maximum atomic E-state index is 13.2. The van der Waals surface area contributed by atoms with Gasteiger partial charge < -0.3 is 4.74 Å². The molecule has 3 aromatic rings. The lowest BCUT2D eigenvalue weighted by atomic mass is 9.98. The molecular formula is C22H21N3O4S2. The SMILES string of the molecule is COc1cccc(C2CC(c3ccc(NS(C)(=O)=O)cc3)=NN2C(=O)c2ccsc2)c1. The molecule has 1 N–H and O–H groups in total. The second-order valence-electron chi connectivity index (χ2n) is 7.16.